The van der Waals surface area contributed by atoms with Gasteiger partial charge in [0.2, 0.25) is 0 Å². The number of rotatable bonds is 6. The minimum absolute atomic E-state index is 0.0956. The molecule has 114 valence electrons. The van der Waals surface area contributed by atoms with E-state index in [-0.39, 0.29) is 12.1 Å². The van der Waals surface area contributed by atoms with Crippen LogP contribution in [0.5, 0.6) is 0 Å². The van der Waals surface area contributed by atoms with E-state index >= 15 is 0 Å². The van der Waals surface area contributed by atoms with E-state index in [2.05, 4.69) is 46.3 Å². The van der Waals surface area contributed by atoms with Gasteiger partial charge in [-0.05, 0) is 44.4 Å². The van der Waals surface area contributed by atoms with E-state index in [0.717, 1.165) is 25.0 Å². The maximum atomic E-state index is 11.7. The molecule has 0 aromatic carbocycles. The first kappa shape index (κ1) is 15.4. The molecule has 21 heavy (non-hydrogen) atoms. The van der Waals surface area contributed by atoms with Crippen LogP contribution in [0.2, 0.25) is 0 Å². The Morgan fingerprint density at radius 1 is 1.43 bits per heavy atom. The number of pyridine rings is 1. The number of nitrogens with one attached hydrogen (secondary N) is 2. The van der Waals surface area contributed by atoms with Gasteiger partial charge in [-0.3, -0.25) is 0 Å². The molecule has 2 rings (SSSR count). The third kappa shape index (κ3) is 3.74. The zero-order chi connectivity index (χ0) is 15.2. The molecule has 2 aromatic heterocycles. The number of carbonyl (C=O) groups excluding carboxylic acids is 1. The monoisotopic (exact) mass is 288 g/mol. The van der Waals surface area contributed by atoms with Crippen molar-refractivity contribution in [2.75, 3.05) is 6.54 Å². The molecule has 2 amide bonds. The lowest BCUT2D eigenvalue weighted by molar-refractivity contribution is 0.237. The summed E-state index contributed by atoms with van der Waals surface area (Å²) in [6.07, 6.45) is 5.69. The van der Waals surface area contributed by atoms with Gasteiger partial charge in [-0.1, -0.05) is 6.92 Å². The molecular formula is C16H24N4O. The molecule has 1 atom stereocenters. The van der Waals surface area contributed by atoms with E-state index < -0.39 is 0 Å². The summed E-state index contributed by atoms with van der Waals surface area (Å²) in [5, 5.41) is 6.98. The van der Waals surface area contributed by atoms with Gasteiger partial charge in [-0.15, -0.1) is 0 Å². The van der Waals surface area contributed by atoms with E-state index in [4.69, 9.17) is 0 Å². The van der Waals surface area contributed by atoms with Gasteiger partial charge >= 0.3 is 6.03 Å². The zero-order valence-corrected chi connectivity index (χ0v) is 13.0. The molecule has 0 radical (unpaired) electrons. The number of nitrogens with zero attached hydrogens (tertiary/aromatic N) is 2. The van der Waals surface area contributed by atoms with Crippen LogP contribution in [-0.4, -0.2) is 28.2 Å². The predicted molar refractivity (Wildman–Crippen MR) is 85.4 cm³/mol. The molecule has 0 saturated heterocycles. The largest absolute Gasteiger partial charge is 0.338 e. The van der Waals surface area contributed by atoms with Crippen molar-refractivity contribution in [1.82, 2.24) is 20.2 Å². The van der Waals surface area contributed by atoms with Crippen molar-refractivity contribution in [2.45, 2.75) is 46.2 Å². The molecule has 0 fully saturated rings. The number of aryl methyl sites for hydroxylation is 1. The first-order chi connectivity index (χ1) is 10.2. The van der Waals surface area contributed by atoms with Crippen molar-refractivity contribution in [3.63, 3.8) is 0 Å². The summed E-state index contributed by atoms with van der Waals surface area (Å²) in [6, 6.07) is 4.15. The van der Waals surface area contributed by atoms with Gasteiger partial charge < -0.3 is 15.2 Å². The summed E-state index contributed by atoms with van der Waals surface area (Å²) in [5.41, 5.74) is 2.24. The van der Waals surface area contributed by atoms with Crippen LogP contribution in [0.15, 0.2) is 24.5 Å². The molecule has 2 N–H and O–H groups in total. The van der Waals surface area contributed by atoms with E-state index in [0.29, 0.717) is 6.54 Å². The Balaban J connectivity index is 1.96. The number of carbonyl (C=O) groups is 1. The second-order valence-electron chi connectivity index (χ2n) is 5.27. The van der Waals surface area contributed by atoms with Crippen LogP contribution >= 0.6 is 0 Å². The highest BCUT2D eigenvalue weighted by Crippen LogP contribution is 2.19. The highest BCUT2D eigenvalue weighted by molar-refractivity contribution is 5.80. The Morgan fingerprint density at radius 3 is 2.95 bits per heavy atom. The van der Waals surface area contributed by atoms with E-state index in [9.17, 15) is 4.79 Å². The normalized spacial score (nSPS) is 12.3. The highest BCUT2D eigenvalue weighted by Gasteiger charge is 2.09. The van der Waals surface area contributed by atoms with Crippen LogP contribution in [0.25, 0.3) is 11.0 Å². The molecule has 5 heteroatoms. The van der Waals surface area contributed by atoms with Gasteiger partial charge in [0.05, 0.1) is 0 Å². The maximum Gasteiger partial charge on any atom is 0.315 e. The Labute approximate surface area is 125 Å². The number of urea groups is 1. The summed E-state index contributed by atoms with van der Waals surface area (Å²) in [6.45, 7) is 7.68. The fourth-order valence-corrected chi connectivity index (χ4v) is 2.32. The van der Waals surface area contributed by atoms with E-state index in [1.54, 1.807) is 0 Å². The fourth-order valence-electron chi connectivity index (χ4n) is 2.32. The summed E-state index contributed by atoms with van der Waals surface area (Å²) >= 11 is 0. The number of fused-ring (bicyclic) bond motifs is 1. The van der Waals surface area contributed by atoms with Crippen molar-refractivity contribution in [3.8, 4) is 0 Å². The number of hydrogen-bond donors (Lipinski definition) is 2. The van der Waals surface area contributed by atoms with Crippen molar-refractivity contribution in [2.24, 2.45) is 0 Å². The van der Waals surface area contributed by atoms with Crippen LogP contribution in [0, 0.1) is 0 Å². The van der Waals surface area contributed by atoms with E-state index in [1.807, 2.05) is 19.2 Å². The molecule has 0 aliphatic rings. The van der Waals surface area contributed by atoms with Gasteiger partial charge in [0.25, 0.3) is 0 Å². The third-order valence-electron chi connectivity index (χ3n) is 3.73. The van der Waals surface area contributed by atoms with Gasteiger partial charge in [0.1, 0.15) is 5.65 Å². The first-order valence-corrected chi connectivity index (χ1v) is 7.62. The Bertz CT molecular complexity index is 605. The number of hydrogen-bond acceptors (Lipinski definition) is 2. The Kier molecular flexibility index (Phi) is 5.20. The minimum Gasteiger partial charge on any atom is -0.338 e. The molecule has 2 heterocycles. The lowest BCUT2D eigenvalue weighted by Crippen LogP contribution is -2.41. The zero-order valence-electron chi connectivity index (χ0n) is 13.0. The van der Waals surface area contributed by atoms with Gasteiger partial charge in [-0.2, -0.15) is 0 Å². The number of amides is 2. The van der Waals surface area contributed by atoms with Crippen LogP contribution in [0.1, 0.15) is 32.8 Å². The molecule has 0 aliphatic heterocycles. The van der Waals surface area contributed by atoms with Gasteiger partial charge in [0, 0.05) is 36.9 Å². The molecule has 0 bridgehead atoms. The maximum absolute atomic E-state index is 11.7. The molecule has 0 spiro atoms. The highest BCUT2D eigenvalue weighted by atomic mass is 16.2. The third-order valence-corrected chi connectivity index (χ3v) is 3.73. The molecule has 0 unspecified atom stereocenters. The molecule has 0 aliphatic carbocycles. The molecule has 2 aromatic rings. The Hall–Kier alpha value is -2.04. The summed E-state index contributed by atoms with van der Waals surface area (Å²) in [5.74, 6) is 0. The van der Waals surface area contributed by atoms with Gasteiger partial charge in [0.15, 0.2) is 0 Å². The molecule has 0 saturated carbocycles. The lowest BCUT2D eigenvalue weighted by Gasteiger charge is -2.12. The summed E-state index contributed by atoms with van der Waals surface area (Å²) < 4.78 is 2.14. The number of aromatic nitrogens is 2. The average molecular weight is 288 g/mol. The second kappa shape index (κ2) is 7.11. The lowest BCUT2D eigenvalue weighted by atomic mass is 10.1. The minimum atomic E-state index is -0.0956. The van der Waals surface area contributed by atoms with E-state index in [1.165, 1.54) is 10.9 Å². The summed E-state index contributed by atoms with van der Waals surface area (Å²) in [4.78, 5) is 16.1. The van der Waals surface area contributed by atoms with Gasteiger partial charge in [-0.25, -0.2) is 9.78 Å². The fraction of sp³-hybridized carbons (Fsp3) is 0.500. The average Bonchev–Trinajstić information content (AvgIpc) is 2.85. The Morgan fingerprint density at radius 2 is 2.24 bits per heavy atom. The predicted octanol–water partition coefficient (Wildman–Crippen LogP) is 2.70. The first-order valence-electron chi connectivity index (χ1n) is 7.62. The molecule has 5 nitrogen and oxygen atoms in total. The second-order valence-corrected chi connectivity index (χ2v) is 5.27. The van der Waals surface area contributed by atoms with Crippen LogP contribution in [-0.2, 0) is 13.0 Å². The van der Waals surface area contributed by atoms with Crippen LogP contribution in [0.4, 0.5) is 4.79 Å². The van der Waals surface area contributed by atoms with Crippen molar-refractivity contribution in [1.29, 1.82) is 0 Å². The summed E-state index contributed by atoms with van der Waals surface area (Å²) in [7, 11) is 0. The topological polar surface area (TPSA) is 59.0 Å². The van der Waals surface area contributed by atoms with Crippen LogP contribution < -0.4 is 10.6 Å². The van der Waals surface area contributed by atoms with Crippen LogP contribution in [0.3, 0.4) is 0 Å². The smallest absolute Gasteiger partial charge is 0.315 e. The van der Waals surface area contributed by atoms with Crippen molar-refractivity contribution < 1.29 is 4.79 Å². The quantitative estimate of drug-likeness (QED) is 0.858. The standard InChI is InChI=1S/C16H24N4O/c1-4-12(3)19-16(21)18-10-8-13-11-20(5-2)15-14(13)7-6-9-17-15/h6-7,9,11-12H,4-5,8,10H2,1-3H3,(H2,18,19,21)/t12-/m0/s1. The van der Waals surface area contributed by atoms with Crippen molar-refractivity contribution >= 4 is 17.1 Å². The van der Waals surface area contributed by atoms with Crippen molar-refractivity contribution in [3.05, 3.63) is 30.1 Å². The SMILES string of the molecule is CC[C@H](C)NC(=O)NCCc1cn(CC)c2ncccc12. The molecular weight excluding hydrogens is 264 g/mol.